The Balaban J connectivity index is 0.000000252. The summed E-state index contributed by atoms with van der Waals surface area (Å²) in [6.07, 6.45) is 0. The van der Waals surface area contributed by atoms with Crippen molar-refractivity contribution in [2.45, 2.75) is 60.3 Å². The predicted octanol–water partition coefficient (Wildman–Crippen LogP) is 6.47. The van der Waals surface area contributed by atoms with Gasteiger partial charge in [0.15, 0.2) is 0 Å². The molecular formula is C27H34O5S. The van der Waals surface area contributed by atoms with Crippen molar-refractivity contribution in [2.75, 3.05) is 0 Å². The van der Waals surface area contributed by atoms with E-state index in [1.54, 1.807) is 25.1 Å². The predicted molar refractivity (Wildman–Crippen MR) is 134 cm³/mol. The molecule has 0 unspecified atom stereocenters. The van der Waals surface area contributed by atoms with E-state index in [9.17, 15) is 13.2 Å². The van der Waals surface area contributed by atoms with Crippen LogP contribution in [0.3, 0.4) is 0 Å². The molecule has 0 bridgehead atoms. The molecule has 2 N–H and O–H groups in total. The third-order valence-electron chi connectivity index (χ3n) is 5.49. The van der Waals surface area contributed by atoms with Gasteiger partial charge in [0.05, 0.1) is 10.5 Å². The Morgan fingerprint density at radius 1 is 0.606 bits per heavy atom. The fourth-order valence-electron chi connectivity index (χ4n) is 2.98. The van der Waals surface area contributed by atoms with E-state index in [0.29, 0.717) is 11.1 Å². The van der Waals surface area contributed by atoms with E-state index in [4.69, 9.17) is 9.66 Å². The van der Waals surface area contributed by atoms with E-state index in [1.165, 1.54) is 22.8 Å². The van der Waals surface area contributed by atoms with Crippen LogP contribution in [0.15, 0.2) is 53.4 Å². The van der Waals surface area contributed by atoms with Crippen LogP contribution >= 0.6 is 0 Å². The van der Waals surface area contributed by atoms with Crippen LogP contribution in [-0.4, -0.2) is 24.0 Å². The van der Waals surface area contributed by atoms with E-state index < -0.39 is 16.1 Å². The number of rotatable bonds is 2. The first kappa shape index (κ1) is 28.1. The van der Waals surface area contributed by atoms with Crippen molar-refractivity contribution in [3.05, 3.63) is 98.6 Å². The minimum atomic E-state index is -4.07. The third kappa shape index (κ3) is 8.83. The molecule has 0 spiro atoms. The Bertz CT molecular complexity index is 1240. The Morgan fingerprint density at radius 3 is 1.48 bits per heavy atom. The molecule has 0 amide bonds. The number of benzene rings is 3. The van der Waals surface area contributed by atoms with Crippen LogP contribution < -0.4 is 0 Å². The maximum absolute atomic E-state index is 10.9. The highest BCUT2D eigenvalue weighted by Crippen LogP contribution is 2.19. The zero-order valence-electron chi connectivity index (χ0n) is 20.6. The van der Waals surface area contributed by atoms with Crippen molar-refractivity contribution >= 4 is 16.1 Å². The van der Waals surface area contributed by atoms with Gasteiger partial charge in [0.25, 0.3) is 10.1 Å². The number of hydrogen-bond donors (Lipinski definition) is 2. The van der Waals surface area contributed by atoms with Crippen molar-refractivity contribution < 1.29 is 22.9 Å². The van der Waals surface area contributed by atoms with E-state index >= 15 is 0 Å². The zero-order valence-corrected chi connectivity index (χ0v) is 21.5. The molecule has 0 aliphatic heterocycles. The summed E-state index contributed by atoms with van der Waals surface area (Å²) < 4.78 is 30.6. The molecule has 5 nitrogen and oxygen atoms in total. The lowest BCUT2D eigenvalue weighted by Crippen LogP contribution is -2.02. The molecule has 0 radical (unpaired) electrons. The molecule has 6 heteroatoms. The fraction of sp³-hybridized carbons (Fsp3) is 0.296. The number of hydrogen-bond acceptors (Lipinski definition) is 3. The smallest absolute Gasteiger partial charge is 0.335 e. The summed E-state index contributed by atoms with van der Waals surface area (Å²) in [5, 5.41) is 8.60. The van der Waals surface area contributed by atoms with Gasteiger partial charge < -0.3 is 5.11 Å². The Kier molecular flexibility index (Phi) is 10.0. The average molecular weight is 471 g/mol. The second-order valence-electron chi connectivity index (χ2n) is 8.37. The zero-order chi connectivity index (χ0) is 25.5. The molecule has 3 rings (SSSR count). The lowest BCUT2D eigenvalue weighted by atomic mass is 10.1. The average Bonchev–Trinajstić information content (AvgIpc) is 2.70. The first-order chi connectivity index (χ1) is 15.1. The molecule has 0 heterocycles. The summed E-state index contributed by atoms with van der Waals surface area (Å²) in [6.45, 7) is 15.6. The topological polar surface area (TPSA) is 91.7 Å². The normalized spacial score (nSPS) is 10.5. The number of carboxylic acid groups (broad SMARTS) is 1. The SMILES string of the molecule is Cc1cc(C)c(S(=O)(=O)O)cc1C.Cc1ccc(C(=O)O)cc1C.Cc1ccc(C)c(C)c1. The van der Waals surface area contributed by atoms with E-state index in [-0.39, 0.29) is 4.90 Å². The van der Waals surface area contributed by atoms with Crippen LogP contribution in [0.5, 0.6) is 0 Å². The van der Waals surface area contributed by atoms with Crippen molar-refractivity contribution in [1.82, 2.24) is 0 Å². The van der Waals surface area contributed by atoms with Gasteiger partial charge >= 0.3 is 5.97 Å². The van der Waals surface area contributed by atoms with Gasteiger partial charge in [-0.2, -0.15) is 8.42 Å². The number of carboxylic acids is 1. The summed E-state index contributed by atoms with van der Waals surface area (Å²) in [5.74, 6) is -0.867. The first-order valence-electron chi connectivity index (χ1n) is 10.5. The van der Waals surface area contributed by atoms with Crippen molar-refractivity contribution in [1.29, 1.82) is 0 Å². The van der Waals surface area contributed by atoms with Gasteiger partial charge in [-0.15, -0.1) is 0 Å². The third-order valence-corrected chi connectivity index (χ3v) is 6.48. The van der Waals surface area contributed by atoms with E-state index in [2.05, 4.69) is 39.0 Å². The summed E-state index contributed by atoms with van der Waals surface area (Å²) in [5.41, 5.74) is 9.05. The maximum Gasteiger partial charge on any atom is 0.335 e. The number of carbonyl (C=O) groups is 1. The second kappa shape index (κ2) is 11.8. The van der Waals surface area contributed by atoms with Gasteiger partial charge in [0, 0.05) is 0 Å². The number of aryl methyl sites for hydroxylation is 8. The van der Waals surface area contributed by atoms with Crippen LogP contribution in [0.1, 0.15) is 54.9 Å². The molecule has 178 valence electrons. The van der Waals surface area contributed by atoms with Crippen LogP contribution in [0.4, 0.5) is 0 Å². The van der Waals surface area contributed by atoms with Crippen molar-refractivity contribution in [3.63, 3.8) is 0 Å². The summed E-state index contributed by atoms with van der Waals surface area (Å²) in [4.78, 5) is 10.5. The van der Waals surface area contributed by atoms with Crippen LogP contribution in [0.25, 0.3) is 0 Å². The van der Waals surface area contributed by atoms with Gasteiger partial charge in [0.2, 0.25) is 0 Å². The Labute approximate surface area is 197 Å². The Morgan fingerprint density at radius 2 is 1.06 bits per heavy atom. The lowest BCUT2D eigenvalue weighted by Gasteiger charge is -2.06. The molecular weight excluding hydrogens is 436 g/mol. The number of aromatic carboxylic acids is 1. The molecule has 3 aromatic carbocycles. The van der Waals surface area contributed by atoms with E-state index in [1.807, 2.05) is 33.8 Å². The van der Waals surface area contributed by atoms with Crippen molar-refractivity contribution in [3.8, 4) is 0 Å². The van der Waals surface area contributed by atoms with Gasteiger partial charge in [0.1, 0.15) is 0 Å². The summed E-state index contributed by atoms with van der Waals surface area (Å²) >= 11 is 0. The monoisotopic (exact) mass is 470 g/mol. The van der Waals surface area contributed by atoms with Crippen LogP contribution in [0.2, 0.25) is 0 Å². The molecule has 0 saturated carbocycles. The standard InChI is InChI=1S/C9H12O3S.C9H10O2.C9H12/c1-6-4-8(3)9(5-7(6)2)13(10,11)12;1-6-3-4-8(9(10)11)5-7(6)2;1-7-4-5-8(2)9(3)6-7/h4-5H,1-3H3,(H,10,11,12);3-5H,1-2H3,(H,10,11);4-6H,1-3H3. The van der Waals surface area contributed by atoms with Crippen LogP contribution in [-0.2, 0) is 10.1 Å². The lowest BCUT2D eigenvalue weighted by molar-refractivity contribution is 0.0696. The minimum absolute atomic E-state index is 0.00407. The molecule has 0 saturated heterocycles. The Hall–Kier alpha value is -2.96. The van der Waals surface area contributed by atoms with Crippen molar-refractivity contribution in [2.24, 2.45) is 0 Å². The molecule has 0 aliphatic carbocycles. The highest BCUT2D eigenvalue weighted by molar-refractivity contribution is 7.85. The quantitative estimate of drug-likeness (QED) is 0.419. The molecule has 3 aromatic rings. The fourth-order valence-corrected chi connectivity index (χ4v) is 3.77. The molecule has 0 aromatic heterocycles. The second-order valence-corrected chi connectivity index (χ2v) is 9.76. The molecule has 0 aliphatic rings. The van der Waals surface area contributed by atoms with Gasteiger partial charge in [-0.3, -0.25) is 4.55 Å². The highest BCUT2D eigenvalue weighted by Gasteiger charge is 2.13. The summed E-state index contributed by atoms with van der Waals surface area (Å²) in [7, 11) is -4.07. The van der Waals surface area contributed by atoms with Crippen LogP contribution in [0, 0.1) is 55.4 Å². The minimum Gasteiger partial charge on any atom is -0.478 e. The highest BCUT2D eigenvalue weighted by atomic mass is 32.2. The molecule has 0 atom stereocenters. The van der Waals surface area contributed by atoms with Gasteiger partial charge in [-0.25, -0.2) is 4.79 Å². The van der Waals surface area contributed by atoms with Gasteiger partial charge in [-0.05, 0) is 113 Å². The maximum atomic E-state index is 10.9. The molecule has 0 fully saturated rings. The summed E-state index contributed by atoms with van der Waals surface area (Å²) in [6, 6.07) is 14.8. The van der Waals surface area contributed by atoms with Gasteiger partial charge in [-0.1, -0.05) is 35.9 Å². The largest absolute Gasteiger partial charge is 0.478 e. The first-order valence-corrected chi connectivity index (χ1v) is 12.0. The molecule has 33 heavy (non-hydrogen) atoms. The van der Waals surface area contributed by atoms with E-state index in [0.717, 1.165) is 22.3 Å².